The lowest BCUT2D eigenvalue weighted by atomic mass is 10.1. The van der Waals surface area contributed by atoms with E-state index in [0.29, 0.717) is 24.5 Å². The zero-order valence-electron chi connectivity index (χ0n) is 11.9. The van der Waals surface area contributed by atoms with E-state index < -0.39 is 5.82 Å². The second-order valence-electron chi connectivity index (χ2n) is 5.33. The molecule has 1 saturated heterocycles. The van der Waals surface area contributed by atoms with Gasteiger partial charge >= 0.3 is 6.03 Å². The lowest BCUT2D eigenvalue weighted by Gasteiger charge is -2.18. The quantitative estimate of drug-likeness (QED) is 0.909. The molecule has 1 atom stereocenters. The molecule has 1 aliphatic rings. The van der Waals surface area contributed by atoms with Crippen molar-refractivity contribution >= 4 is 11.7 Å². The zero-order chi connectivity index (χ0) is 15.5. The van der Waals surface area contributed by atoms with Gasteiger partial charge in [-0.3, -0.25) is 0 Å². The predicted octanol–water partition coefficient (Wildman–Crippen LogP) is 1.86. The topological polar surface area (TPSA) is 70.4 Å². The van der Waals surface area contributed by atoms with Crippen LogP contribution in [0, 0.1) is 11.7 Å². The third kappa shape index (κ3) is 2.94. The van der Waals surface area contributed by atoms with Crippen LogP contribution in [0.2, 0.25) is 0 Å². The van der Waals surface area contributed by atoms with Crippen LogP contribution in [0.5, 0.6) is 0 Å². The van der Waals surface area contributed by atoms with E-state index in [0.717, 1.165) is 6.42 Å². The first-order chi connectivity index (χ1) is 10.7. The lowest BCUT2D eigenvalue weighted by molar-refractivity contribution is 0.208. The number of likely N-dealkylation sites (tertiary alicyclic amines) is 1. The number of hydrogen-bond donors (Lipinski definition) is 2. The molecular formula is C15H17FN4O2. The summed E-state index contributed by atoms with van der Waals surface area (Å²) in [5.41, 5.74) is 0.957. The summed E-state index contributed by atoms with van der Waals surface area (Å²) < 4.78 is 15.1. The molecule has 0 radical (unpaired) electrons. The fourth-order valence-electron chi connectivity index (χ4n) is 2.58. The molecule has 0 spiro atoms. The Morgan fingerprint density at radius 1 is 1.50 bits per heavy atom. The van der Waals surface area contributed by atoms with Crippen molar-refractivity contribution < 1.29 is 14.3 Å². The van der Waals surface area contributed by atoms with Crippen LogP contribution in [0.15, 0.2) is 36.7 Å². The van der Waals surface area contributed by atoms with E-state index in [1.807, 2.05) is 0 Å². The number of hydrogen-bond acceptors (Lipinski definition) is 3. The van der Waals surface area contributed by atoms with Crippen molar-refractivity contribution in [1.82, 2.24) is 14.7 Å². The monoisotopic (exact) mass is 304 g/mol. The Morgan fingerprint density at radius 2 is 2.36 bits per heavy atom. The van der Waals surface area contributed by atoms with Gasteiger partial charge in [-0.2, -0.15) is 5.10 Å². The van der Waals surface area contributed by atoms with Gasteiger partial charge in [-0.25, -0.2) is 13.9 Å². The van der Waals surface area contributed by atoms with E-state index in [1.165, 1.54) is 12.1 Å². The number of benzene rings is 1. The summed E-state index contributed by atoms with van der Waals surface area (Å²) in [6.07, 6.45) is 4.11. The molecule has 2 aromatic rings. The minimum atomic E-state index is -0.430. The maximum Gasteiger partial charge on any atom is 0.321 e. The summed E-state index contributed by atoms with van der Waals surface area (Å²) in [5.74, 6) is -0.315. The maximum atomic E-state index is 13.5. The number of halogens is 1. The van der Waals surface area contributed by atoms with E-state index in [4.69, 9.17) is 5.11 Å². The van der Waals surface area contributed by atoms with Gasteiger partial charge in [0.25, 0.3) is 0 Å². The van der Waals surface area contributed by atoms with Gasteiger partial charge in [-0.15, -0.1) is 0 Å². The van der Waals surface area contributed by atoms with Gasteiger partial charge < -0.3 is 15.3 Å². The third-order valence-corrected chi connectivity index (χ3v) is 3.78. The van der Waals surface area contributed by atoms with Crippen LogP contribution in [0.3, 0.4) is 0 Å². The summed E-state index contributed by atoms with van der Waals surface area (Å²) in [5, 5.41) is 16.0. The molecule has 2 amide bonds. The minimum Gasteiger partial charge on any atom is -0.396 e. The molecule has 116 valence electrons. The first-order valence-corrected chi connectivity index (χ1v) is 7.13. The Morgan fingerprint density at radius 3 is 3.05 bits per heavy atom. The van der Waals surface area contributed by atoms with Crippen LogP contribution < -0.4 is 5.32 Å². The lowest BCUT2D eigenvalue weighted by Crippen LogP contribution is -2.33. The Labute approximate surface area is 127 Å². The Balaban J connectivity index is 1.80. The van der Waals surface area contributed by atoms with Crippen molar-refractivity contribution in [3.8, 4) is 5.69 Å². The van der Waals surface area contributed by atoms with Gasteiger partial charge in [0, 0.05) is 38.0 Å². The van der Waals surface area contributed by atoms with E-state index in [2.05, 4.69) is 10.4 Å². The number of carbonyl (C=O) groups excluding carboxylic acids is 1. The highest BCUT2D eigenvalue weighted by molar-refractivity contribution is 5.91. The summed E-state index contributed by atoms with van der Waals surface area (Å²) in [6, 6.07) is 5.62. The van der Waals surface area contributed by atoms with E-state index in [-0.39, 0.29) is 18.6 Å². The predicted molar refractivity (Wildman–Crippen MR) is 79.3 cm³/mol. The molecule has 2 N–H and O–H groups in total. The van der Waals surface area contributed by atoms with Crippen molar-refractivity contribution in [1.29, 1.82) is 0 Å². The summed E-state index contributed by atoms with van der Waals surface area (Å²) in [6.45, 7) is 1.17. The van der Waals surface area contributed by atoms with Crippen molar-refractivity contribution in [3.05, 3.63) is 42.5 Å². The summed E-state index contributed by atoms with van der Waals surface area (Å²) in [7, 11) is 0. The largest absolute Gasteiger partial charge is 0.396 e. The molecule has 1 unspecified atom stereocenters. The number of rotatable bonds is 3. The number of aliphatic hydroxyl groups is 1. The standard InChI is InChI=1S/C15H17FN4O2/c16-12-2-3-14(20-6-1-5-17-20)13(8-12)18-15(22)19-7-4-11(9-19)10-21/h1-3,5-6,8,11,21H,4,7,9-10H2,(H,18,22). The third-order valence-electron chi connectivity index (χ3n) is 3.78. The smallest absolute Gasteiger partial charge is 0.321 e. The molecule has 7 heteroatoms. The van der Waals surface area contributed by atoms with Gasteiger partial charge in [0.05, 0.1) is 11.4 Å². The van der Waals surface area contributed by atoms with Gasteiger partial charge in [0.15, 0.2) is 0 Å². The summed E-state index contributed by atoms with van der Waals surface area (Å²) >= 11 is 0. The van der Waals surface area contributed by atoms with Gasteiger partial charge in [0.2, 0.25) is 0 Å². The molecule has 1 aromatic heterocycles. The molecule has 0 bridgehead atoms. The number of aromatic nitrogens is 2. The van der Waals surface area contributed by atoms with Gasteiger partial charge in [-0.1, -0.05) is 0 Å². The minimum absolute atomic E-state index is 0.0717. The second kappa shape index (κ2) is 6.15. The number of aliphatic hydroxyl groups excluding tert-OH is 1. The SMILES string of the molecule is O=C(Nc1cc(F)ccc1-n1cccn1)N1CCC(CO)C1. The first-order valence-electron chi connectivity index (χ1n) is 7.13. The molecule has 1 fully saturated rings. The van der Waals surface area contributed by atoms with E-state index in [1.54, 1.807) is 34.1 Å². The van der Waals surface area contributed by atoms with Crippen molar-refractivity contribution in [2.75, 3.05) is 25.0 Å². The second-order valence-corrected chi connectivity index (χ2v) is 5.33. The Hall–Kier alpha value is -2.41. The number of anilines is 1. The van der Waals surface area contributed by atoms with Gasteiger partial charge in [0.1, 0.15) is 5.82 Å². The van der Waals surface area contributed by atoms with Crippen LogP contribution in [-0.4, -0.2) is 45.5 Å². The van der Waals surface area contributed by atoms with Crippen LogP contribution in [0.4, 0.5) is 14.9 Å². The molecule has 0 saturated carbocycles. The van der Waals surface area contributed by atoms with Crippen molar-refractivity contribution in [2.45, 2.75) is 6.42 Å². The van der Waals surface area contributed by atoms with Crippen molar-refractivity contribution in [2.24, 2.45) is 5.92 Å². The Bertz CT molecular complexity index is 660. The average Bonchev–Trinajstić information content (AvgIpc) is 3.19. The fraction of sp³-hybridized carbons (Fsp3) is 0.333. The Kier molecular flexibility index (Phi) is 4.06. The highest BCUT2D eigenvalue weighted by atomic mass is 19.1. The number of carbonyl (C=O) groups is 1. The van der Waals surface area contributed by atoms with Crippen LogP contribution >= 0.6 is 0 Å². The first kappa shape index (κ1) is 14.5. The number of amides is 2. The molecule has 0 aliphatic carbocycles. The molecule has 2 heterocycles. The number of nitrogens with one attached hydrogen (secondary N) is 1. The highest BCUT2D eigenvalue weighted by Gasteiger charge is 2.26. The van der Waals surface area contributed by atoms with E-state index >= 15 is 0 Å². The van der Waals surface area contributed by atoms with Gasteiger partial charge in [-0.05, 0) is 30.7 Å². The van der Waals surface area contributed by atoms with Crippen LogP contribution in [0.25, 0.3) is 5.69 Å². The molecule has 1 aromatic carbocycles. The summed E-state index contributed by atoms with van der Waals surface area (Å²) in [4.78, 5) is 13.9. The maximum absolute atomic E-state index is 13.5. The fourth-order valence-corrected chi connectivity index (χ4v) is 2.58. The molecular weight excluding hydrogens is 287 g/mol. The molecule has 6 nitrogen and oxygen atoms in total. The molecule has 22 heavy (non-hydrogen) atoms. The zero-order valence-corrected chi connectivity index (χ0v) is 11.9. The molecule has 1 aliphatic heterocycles. The van der Waals surface area contributed by atoms with Crippen LogP contribution in [-0.2, 0) is 0 Å². The highest BCUT2D eigenvalue weighted by Crippen LogP contribution is 2.23. The average molecular weight is 304 g/mol. The van der Waals surface area contributed by atoms with Crippen molar-refractivity contribution in [3.63, 3.8) is 0 Å². The molecule has 3 rings (SSSR count). The number of nitrogens with zero attached hydrogens (tertiary/aromatic N) is 3. The van der Waals surface area contributed by atoms with Crippen LogP contribution in [0.1, 0.15) is 6.42 Å². The number of urea groups is 1. The van der Waals surface area contributed by atoms with E-state index in [9.17, 15) is 9.18 Å². The normalized spacial score (nSPS) is 17.7.